The minimum absolute atomic E-state index is 0.0855. The number of likely N-dealkylation sites (tertiary alicyclic amines) is 1. The van der Waals surface area contributed by atoms with Gasteiger partial charge in [-0.2, -0.15) is 0 Å². The van der Waals surface area contributed by atoms with E-state index in [-0.39, 0.29) is 23.4 Å². The van der Waals surface area contributed by atoms with E-state index >= 15 is 0 Å². The van der Waals surface area contributed by atoms with E-state index in [1.807, 2.05) is 25.9 Å². The summed E-state index contributed by atoms with van der Waals surface area (Å²) >= 11 is 0. The summed E-state index contributed by atoms with van der Waals surface area (Å²) in [6.07, 6.45) is 0. The van der Waals surface area contributed by atoms with Gasteiger partial charge in [0, 0.05) is 24.2 Å². The van der Waals surface area contributed by atoms with Gasteiger partial charge in [0.1, 0.15) is 11.6 Å². The van der Waals surface area contributed by atoms with Crippen molar-refractivity contribution in [1.82, 2.24) is 9.80 Å². The predicted molar refractivity (Wildman–Crippen MR) is 105 cm³/mol. The lowest BCUT2D eigenvalue weighted by molar-refractivity contribution is -0.140. The van der Waals surface area contributed by atoms with Crippen LogP contribution >= 0.6 is 0 Å². The number of halogens is 1. The number of carbonyl (C=O) groups is 2. The van der Waals surface area contributed by atoms with Crippen molar-refractivity contribution in [3.63, 3.8) is 0 Å². The first-order valence-electron chi connectivity index (χ1n) is 9.06. The van der Waals surface area contributed by atoms with Crippen LogP contribution in [0.2, 0.25) is 0 Å². The third-order valence-electron chi connectivity index (χ3n) is 4.85. The number of ketones is 1. The summed E-state index contributed by atoms with van der Waals surface area (Å²) in [5, 5.41) is 10.9. The van der Waals surface area contributed by atoms with Crippen molar-refractivity contribution in [2.45, 2.75) is 13.0 Å². The number of amides is 1. The van der Waals surface area contributed by atoms with Crippen LogP contribution in [0.15, 0.2) is 54.1 Å². The van der Waals surface area contributed by atoms with Crippen LogP contribution in [-0.4, -0.2) is 53.8 Å². The van der Waals surface area contributed by atoms with Crippen molar-refractivity contribution in [1.29, 1.82) is 0 Å². The Morgan fingerprint density at radius 3 is 2.36 bits per heavy atom. The molecule has 1 aliphatic heterocycles. The average molecular weight is 382 g/mol. The summed E-state index contributed by atoms with van der Waals surface area (Å²) in [6, 6.07) is 12.0. The Balaban J connectivity index is 2.16. The van der Waals surface area contributed by atoms with Gasteiger partial charge in [0.25, 0.3) is 11.7 Å². The molecule has 0 spiro atoms. The minimum atomic E-state index is -0.970. The summed E-state index contributed by atoms with van der Waals surface area (Å²) in [7, 11) is 3.70. The van der Waals surface area contributed by atoms with Crippen molar-refractivity contribution in [2.75, 3.05) is 27.2 Å². The number of aliphatic hydroxyl groups is 1. The number of hydrogen-bond acceptors (Lipinski definition) is 4. The fraction of sp³-hybridized carbons (Fsp3) is 0.273. The highest BCUT2D eigenvalue weighted by atomic mass is 19.1. The number of likely N-dealkylation sites (N-methyl/N-ethyl adjacent to an activating group) is 1. The second-order valence-electron chi connectivity index (χ2n) is 7.18. The Bertz CT molecular complexity index is 935. The van der Waals surface area contributed by atoms with Gasteiger partial charge < -0.3 is 14.9 Å². The zero-order valence-corrected chi connectivity index (χ0v) is 16.1. The van der Waals surface area contributed by atoms with Gasteiger partial charge >= 0.3 is 0 Å². The van der Waals surface area contributed by atoms with E-state index in [1.54, 1.807) is 36.4 Å². The van der Waals surface area contributed by atoms with Gasteiger partial charge in [-0.15, -0.1) is 0 Å². The molecule has 146 valence electrons. The molecular weight excluding hydrogens is 359 g/mol. The van der Waals surface area contributed by atoms with Crippen molar-refractivity contribution in [3.05, 3.63) is 76.6 Å². The number of aryl methyl sites for hydroxylation is 1. The lowest BCUT2D eigenvalue weighted by atomic mass is 9.94. The molecular formula is C22H23FN2O3. The van der Waals surface area contributed by atoms with E-state index in [4.69, 9.17) is 0 Å². The third kappa shape index (κ3) is 3.68. The Hall–Kier alpha value is -2.99. The van der Waals surface area contributed by atoms with Gasteiger partial charge in [-0.05, 0) is 27.1 Å². The van der Waals surface area contributed by atoms with Crippen LogP contribution in [0.1, 0.15) is 22.7 Å². The smallest absolute Gasteiger partial charge is 0.295 e. The Morgan fingerprint density at radius 2 is 1.75 bits per heavy atom. The number of Topliss-reactive ketones (excluding diaryl/α,β-unsaturated/α-hetero) is 1. The van der Waals surface area contributed by atoms with Gasteiger partial charge in [0.2, 0.25) is 0 Å². The van der Waals surface area contributed by atoms with Crippen LogP contribution in [0.4, 0.5) is 4.39 Å². The fourth-order valence-electron chi connectivity index (χ4n) is 3.31. The first kappa shape index (κ1) is 19.8. The van der Waals surface area contributed by atoms with Crippen LogP contribution in [0.3, 0.4) is 0 Å². The second kappa shape index (κ2) is 7.94. The molecule has 1 unspecified atom stereocenters. The Kier molecular flexibility index (Phi) is 5.61. The fourth-order valence-corrected chi connectivity index (χ4v) is 3.31. The zero-order valence-electron chi connectivity index (χ0n) is 16.1. The maximum Gasteiger partial charge on any atom is 0.295 e. The van der Waals surface area contributed by atoms with E-state index in [9.17, 15) is 19.1 Å². The highest BCUT2D eigenvalue weighted by Gasteiger charge is 2.46. The van der Waals surface area contributed by atoms with Crippen LogP contribution < -0.4 is 0 Å². The molecule has 1 atom stereocenters. The minimum Gasteiger partial charge on any atom is -0.507 e. The Labute approximate surface area is 163 Å². The molecule has 0 saturated carbocycles. The largest absolute Gasteiger partial charge is 0.507 e. The van der Waals surface area contributed by atoms with Gasteiger partial charge in [-0.25, -0.2) is 4.39 Å². The number of benzene rings is 2. The third-order valence-corrected chi connectivity index (χ3v) is 4.85. The monoisotopic (exact) mass is 382 g/mol. The summed E-state index contributed by atoms with van der Waals surface area (Å²) in [5.74, 6) is -2.35. The number of aliphatic hydroxyl groups excluding tert-OH is 1. The van der Waals surface area contributed by atoms with Crippen molar-refractivity contribution < 1.29 is 19.1 Å². The number of hydrogen-bond donors (Lipinski definition) is 1. The van der Waals surface area contributed by atoms with Crippen LogP contribution in [0, 0.1) is 12.7 Å². The maximum absolute atomic E-state index is 14.6. The second-order valence-corrected chi connectivity index (χ2v) is 7.18. The Morgan fingerprint density at radius 1 is 1.11 bits per heavy atom. The molecule has 1 amide bonds. The van der Waals surface area contributed by atoms with E-state index in [2.05, 4.69) is 0 Å². The first-order valence-corrected chi connectivity index (χ1v) is 9.06. The summed E-state index contributed by atoms with van der Waals surface area (Å²) in [5.41, 5.74) is 1.51. The predicted octanol–water partition coefficient (Wildman–Crippen LogP) is 3.12. The van der Waals surface area contributed by atoms with Crippen LogP contribution in [-0.2, 0) is 9.59 Å². The first-order chi connectivity index (χ1) is 13.3. The van der Waals surface area contributed by atoms with Crippen molar-refractivity contribution >= 4 is 17.4 Å². The molecule has 5 nitrogen and oxygen atoms in total. The molecule has 0 aromatic heterocycles. The standard InChI is InChI=1S/C22H23FN2O3/c1-14-8-10-15(11-9-14)20(26)18-19(16-6-4-5-7-17(16)23)25(13-12-24(2)3)22(28)21(18)27/h4-11,19,26H,12-13H2,1-3H3. The van der Waals surface area contributed by atoms with Gasteiger partial charge in [0.15, 0.2) is 0 Å². The molecule has 2 aromatic carbocycles. The van der Waals surface area contributed by atoms with E-state index in [1.165, 1.54) is 17.0 Å². The van der Waals surface area contributed by atoms with Gasteiger partial charge in [-0.3, -0.25) is 9.59 Å². The zero-order chi connectivity index (χ0) is 20.4. The molecule has 0 radical (unpaired) electrons. The lowest BCUT2D eigenvalue weighted by Crippen LogP contribution is -2.35. The lowest BCUT2D eigenvalue weighted by Gasteiger charge is -2.26. The highest BCUT2D eigenvalue weighted by Crippen LogP contribution is 2.40. The number of rotatable bonds is 5. The van der Waals surface area contributed by atoms with Crippen molar-refractivity contribution in [3.8, 4) is 0 Å². The molecule has 1 fully saturated rings. The molecule has 1 saturated heterocycles. The average Bonchev–Trinajstić information content (AvgIpc) is 2.91. The number of nitrogens with zero attached hydrogens (tertiary/aromatic N) is 2. The van der Waals surface area contributed by atoms with Crippen molar-refractivity contribution in [2.24, 2.45) is 0 Å². The highest BCUT2D eigenvalue weighted by molar-refractivity contribution is 6.46. The summed E-state index contributed by atoms with van der Waals surface area (Å²) < 4.78 is 14.6. The van der Waals surface area contributed by atoms with Crippen LogP contribution in [0.5, 0.6) is 0 Å². The van der Waals surface area contributed by atoms with E-state index in [0.717, 1.165) is 5.56 Å². The quantitative estimate of drug-likeness (QED) is 0.490. The molecule has 6 heteroatoms. The molecule has 0 bridgehead atoms. The molecule has 1 heterocycles. The topological polar surface area (TPSA) is 60.9 Å². The summed E-state index contributed by atoms with van der Waals surface area (Å²) in [4.78, 5) is 28.7. The summed E-state index contributed by atoms with van der Waals surface area (Å²) in [6.45, 7) is 2.65. The molecule has 1 N–H and O–H groups in total. The molecule has 2 aromatic rings. The van der Waals surface area contributed by atoms with E-state index in [0.29, 0.717) is 12.1 Å². The van der Waals surface area contributed by atoms with Gasteiger partial charge in [0.05, 0.1) is 11.6 Å². The van der Waals surface area contributed by atoms with E-state index < -0.39 is 23.5 Å². The maximum atomic E-state index is 14.6. The molecule has 3 rings (SSSR count). The van der Waals surface area contributed by atoms with Gasteiger partial charge in [-0.1, -0.05) is 48.0 Å². The molecule has 1 aliphatic rings. The SMILES string of the molecule is Cc1ccc(C(O)=C2C(=O)C(=O)N(CCN(C)C)C2c2ccccc2F)cc1. The molecule has 28 heavy (non-hydrogen) atoms. The number of carbonyl (C=O) groups excluding carboxylic acids is 2. The normalized spacial score (nSPS) is 18.9. The molecule has 0 aliphatic carbocycles. The van der Waals surface area contributed by atoms with Crippen LogP contribution in [0.25, 0.3) is 5.76 Å².